The Morgan fingerprint density at radius 3 is 2.60 bits per heavy atom. The van der Waals surface area contributed by atoms with E-state index in [2.05, 4.69) is 17.4 Å². The van der Waals surface area contributed by atoms with Crippen LogP contribution in [0.3, 0.4) is 0 Å². The molecule has 0 radical (unpaired) electrons. The molecule has 0 aliphatic heterocycles. The molecule has 2 rings (SSSR count). The van der Waals surface area contributed by atoms with Crippen LogP contribution in [0.4, 0.5) is 5.69 Å². The summed E-state index contributed by atoms with van der Waals surface area (Å²) in [5, 5.41) is 4.57. The maximum atomic E-state index is 6.17. The number of hydrogen-bond donors (Lipinski definition) is 1. The maximum Gasteiger partial charge on any atom is 0.0642 e. The predicted molar refractivity (Wildman–Crippen MR) is 89.3 cm³/mol. The molecule has 0 spiro atoms. The van der Waals surface area contributed by atoms with Gasteiger partial charge in [-0.15, -0.1) is 11.6 Å². The standard InChI is InChI=1S/C16H16Cl3N/c17-9-3-5-12-4-1-7-14(10-12)20-11-13-6-2-8-15(18)16(13)19/h1-2,4,6-8,10,20H,3,5,9,11H2. The van der Waals surface area contributed by atoms with E-state index in [0.717, 1.165) is 24.1 Å². The van der Waals surface area contributed by atoms with Gasteiger partial charge in [0.15, 0.2) is 0 Å². The van der Waals surface area contributed by atoms with Crippen LogP contribution in [0.2, 0.25) is 10.0 Å². The third kappa shape index (κ3) is 4.31. The quantitative estimate of drug-likeness (QED) is 0.663. The van der Waals surface area contributed by atoms with Crippen LogP contribution in [0, 0.1) is 0 Å². The van der Waals surface area contributed by atoms with Gasteiger partial charge in [-0.1, -0.05) is 47.5 Å². The van der Waals surface area contributed by atoms with Crippen LogP contribution in [0.1, 0.15) is 17.5 Å². The summed E-state index contributed by atoms with van der Waals surface area (Å²) < 4.78 is 0. The number of aryl methyl sites for hydroxylation is 1. The number of rotatable bonds is 6. The molecular weight excluding hydrogens is 313 g/mol. The van der Waals surface area contributed by atoms with Gasteiger partial charge in [-0.05, 0) is 42.2 Å². The molecule has 1 nitrogen and oxygen atoms in total. The van der Waals surface area contributed by atoms with Crippen LogP contribution >= 0.6 is 34.8 Å². The van der Waals surface area contributed by atoms with Crippen molar-refractivity contribution >= 4 is 40.5 Å². The SMILES string of the molecule is ClCCCc1cccc(NCc2cccc(Cl)c2Cl)c1. The van der Waals surface area contributed by atoms with E-state index >= 15 is 0 Å². The highest BCUT2D eigenvalue weighted by atomic mass is 35.5. The molecule has 106 valence electrons. The van der Waals surface area contributed by atoms with Crippen molar-refractivity contribution < 1.29 is 0 Å². The van der Waals surface area contributed by atoms with E-state index < -0.39 is 0 Å². The Morgan fingerprint density at radius 1 is 1.00 bits per heavy atom. The Balaban J connectivity index is 2.01. The molecule has 0 fully saturated rings. The number of nitrogens with one attached hydrogen (secondary N) is 1. The first kappa shape index (κ1) is 15.5. The second-order valence-electron chi connectivity index (χ2n) is 4.56. The molecule has 0 aliphatic rings. The number of anilines is 1. The third-order valence-corrected chi connectivity index (χ3v) is 4.17. The molecule has 0 atom stereocenters. The third-order valence-electron chi connectivity index (χ3n) is 3.04. The molecule has 4 heteroatoms. The molecule has 0 amide bonds. The van der Waals surface area contributed by atoms with Crippen molar-refractivity contribution in [1.29, 1.82) is 0 Å². The monoisotopic (exact) mass is 327 g/mol. The minimum atomic E-state index is 0.585. The van der Waals surface area contributed by atoms with Crippen LogP contribution in [0.5, 0.6) is 0 Å². The molecule has 0 saturated carbocycles. The molecule has 0 aliphatic carbocycles. The summed E-state index contributed by atoms with van der Waals surface area (Å²) in [6.07, 6.45) is 1.99. The number of halogens is 3. The van der Waals surface area contributed by atoms with Crippen molar-refractivity contribution in [2.75, 3.05) is 11.2 Å². The second-order valence-corrected chi connectivity index (χ2v) is 5.72. The fourth-order valence-corrected chi connectivity index (χ4v) is 2.51. The molecule has 2 aromatic rings. The van der Waals surface area contributed by atoms with E-state index in [-0.39, 0.29) is 0 Å². The molecule has 1 N–H and O–H groups in total. The lowest BCUT2D eigenvalue weighted by Gasteiger charge is -2.10. The van der Waals surface area contributed by atoms with Crippen molar-refractivity contribution in [2.45, 2.75) is 19.4 Å². The van der Waals surface area contributed by atoms with Crippen LogP contribution < -0.4 is 5.32 Å². The molecule has 20 heavy (non-hydrogen) atoms. The Bertz CT molecular complexity index is 569. The van der Waals surface area contributed by atoms with Crippen LogP contribution in [-0.2, 0) is 13.0 Å². The average molecular weight is 329 g/mol. The van der Waals surface area contributed by atoms with Crippen molar-refractivity contribution in [3.63, 3.8) is 0 Å². The van der Waals surface area contributed by atoms with E-state index in [1.807, 2.05) is 24.3 Å². The van der Waals surface area contributed by atoms with Crippen LogP contribution in [-0.4, -0.2) is 5.88 Å². The fourth-order valence-electron chi connectivity index (χ4n) is 1.99. The summed E-state index contributed by atoms with van der Waals surface area (Å²) in [6, 6.07) is 14.0. The number of hydrogen-bond acceptors (Lipinski definition) is 1. The van der Waals surface area contributed by atoms with Crippen molar-refractivity contribution in [1.82, 2.24) is 0 Å². The van der Waals surface area contributed by atoms with Crippen LogP contribution in [0.25, 0.3) is 0 Å². The Hall–Kier alpha value is -0.890. The highest BCUT2D eigenvalue weighted by molar-refractivity contribution is 6.42. The lowest BCUT2D eigenvalue weighted by molar-refractivity contribution is 0.928. The lowest BCUT2D eigenvalue weighted by atomic mass is 10.1. The zero-order valence-electron chi connectivity index (χ0n) is 11.0. The zero-order chi connectivity index (χ0) is 14.4. The average Bonchev–Trinajstić information content (AvgIpc) is 2.47. The van der Waals surface area contributed by atoms with Crippen molar-refractivity contribution in [2.24, 2.45) is 0 Å². The van der Waals surface area contributed by atoms with E-state index in [1.54, 1.807) is 6.07 Å². The first-order valence-electron chi connectivity index (χ1n) is 6.52. The Morgan fingerprint density at radius 2 is 1.80 bits per heavy atom. The van der Waals surface area contributed by atoms with Gasteiger partial charge in [0, 0.05) is 18.1 Å². The van der Waals surface area contributed by atoms with Crippen LogP contribution in [0.15, 0.2) is 42.5 Å². The Kier molecular flexibility index (Phi) is 6.03. The number of alkyl halides is 1. The first-order chi connectivity index (χ1) is 9.70. The van der Waals surface area contributed by atoms with E-state index in [1.165, 1.54) is 5.56 Å². The van der Waals surface area contributed by atoms with Gasteiger partial charge in [-0.2, -0.15) is 0 Å². The smallest absolute Gasteiger partial charge is 0.0642 e. The van der Waals surface area contributed by atoms with Gasteiger partial charge in [0.05, 0.1) is 10.0 Å². The lowest BCUT2D eigenvalue weighted by Crippen LogP contribution is -2.00. The van der Waals surface area contributed by atoms with Gasteiger partial charge in [0.2, 0.25) is 0 Å². The van der Waals surface area contributed by atoms with Gasteiger partial charge in [-0.3, -0.25) is 0 Å². The summed E-state index contributed by atoms with van der Waals surface area (Å²) in [6.45, 7) is 0.651. The van der Waals surface area contributed by atoms with Crippen molar-refractivity contribution in [3.8, 4) is 0 Å². The largest absolute Gasteiger partial charge is 0.381 e. The molecule has 0 aromatic heterocycles. The topological polar surface area (TPSA) is 12.0 Å². The van der Waals surface area contributed by atoms with E-state index in [0.29, 0.717) is 22.5 Å². The molecule has 0 unspecified atom stereocenters. The van der Waals surface area contributed by atoms with Gasteiger partial charge in [0.1, 0.15) is 0 Å². The summed E-state index contributed by atoms with van der Waals surface area (Å²) in [5.74, 6) is 0.690. The van der Waals surface area contributed by atoms with Gasteiger partial charge in [-0.25, -0.2) is 0 Å². The molecular formula is C16H16Cl3N. The van der Waals surface area contributed by atoms with E-state index in [9.17, 15) is 0 Å². The zero-order valence-corrected chi connectivity index (χ0v) is 13.3. The predicted octanol–water partition coefficient (Wildman–Crippen LogP) is 5.78. The van der Waals surface area contributed by atoms with Gasteiger partial charge in [0.25, 0.3) is 0 Å². The summed E-state index contributed by atoms with van der Waals surface area (Å²) in [4.78, 5) is 0. The second kappa shape index (κ2) is 7.78. The summed E-state index contributed by atoms with van der Waals surface area (Å²) in [5.41, 5.74) is 3.35. The Labute approximate surface area is 134 Å². The fraction of sp³-hybridized carbons (Fsp3) is 0.250. The highest BCUT2D eigenvalue weighted by Crippen LogP contribution is 2.26. The molecule has 0 saturated heterocycles. The molecule has 0 bridgehead atoms. The summed E-state index contributed by atoms with van der Waals surface area (Å²) >= 11 is 17.9. The minimum absolute atomic E-state index is 0.585. The molecule has 2 aromatic carbocycles. The van der Waals surface area contributed by atoms with Gasteiger partial charge >= 0.3 is 0 Å². The van der Waals surface area contributed by atoms with E-state index in [4.69, 9.17) is 34.8 Å². The van der Waals surface area contributed by atoms with Crippen molar-refractivity contribution in [3.05, 3.63) is 63.6 Å². The highest BCUT2D eigenvalue weighted by Gasteiger charge is 2.04. The number of benzene rings is 2. The maximum absolute atomic E-state index is 6.17. The summed E-state index contributed by atoms with van der Waals surface area (Å²) in [7, 11) is 0. The van der Waals surface area contributed by atoms with Gasteiger partial charge < -0.3 is 5.32 Å². The molecule has 0 heterocycles. The normalized spacial score (nSPS) is 10.6. The first-order valence-corrected chi connectivity index (χ1v) is 7.81. The minimum Gasteiger partial charge on any atom is -0.381 e.